The molecule has 3 aromatic rings. The summed E-state index contributed by atoms with van der Waals surface area (Å²) in [4.78, 5) is 16.3. The van der Waals surface area contributed by atoms with E-state index < -0.39 is 11.6 Å². The molecule has 6 heteroatoms. The highest BCUT2D eigenvalue weighted by Crippen LogP contribution is 2.20. The Balaban J connectivity index is 1.55. The smallest absolute Gasteiger partial charge is 0.269 e. The van der Waals surface area contributed by atoms with Crippen LogP contribution >= 0.6 is 0 Å². The molecule has 2 aromatic carbocycles. The standard InChI is InChI=1S/C21H19F2N3O/c22-16-8-9-19(18(23)13-16)26-17-10-12-24-20(14-17)21(27)25-11-4-7-15-5-2-1-3-6-15/h1-3,5-6,8-10,12-14H,4,7,11H2,(H,24,26)(H,25,27). The van der Waals surface area contributed by atoms with Crippen LogP contribution in [0.15, 0.2) is 66.9 Å². The van der Waals surface area contributed by atoms with Gasteiger partial charge in [0.2, 0.25) is 0 Å². The first kappa shape index (κ1) is 18.5. The molecule has 0 aliphatic rings. The topological polar surface area (TPSA) is 54.0 Å². The number of carbonyl (C=O) groups is 1. The number of nitrogens with zero attached hydrogens (tertiary/aromatic N) is 1. The summed E-state index contributed by atoms with van der Waals surface area (Å²) in [6.07, 6.45) is 3.15. The Morgan fingerprint density at radius 1 is 1.00 bits per heavy atom. The van der Waals surface area contributed by atoms with Gasteiger partial charge in [0.15, 0.2) is 0 Å². The van der Waals surface area contributed by atoms with E-state index in [9.17, 15) is 13.6 Å². The van der Waals surface area contributed by atoms with Crippen LogP contribution < -0.4 is 10.6 Å². The zero-order chi connectivity index (χ0) is 19.1. The van der Waals surface area contributed by atoms with Gasteiger partial charge < -0.3 is 10.6 Å². The van der Waals surface area contributed by atoms with Gasteiger partial charge in [-0.2, -0.15) is 0 Å². The first-order chi connectivity index (χ1) is 13.1. The van der Waals surface area contributed by atoms with Gasteiger partial charge in [0.1, 0.15) is 17.3 Å². The highest BCUT2D eigenvalue weighted by Gasteiger charge is 2.09. The van der Waals surface area contributed by atoms with Crippen molar-refractivity contribution >= 4 is 17.3 Å². The zero-order valence-corrected chi connectivity index (χ0v) is 14.6. The fourth-order valence-electron chi connectivity index (χ4n) is 2.61. The first-order valence-corrected chi connectivity index (χ1v) is 8.62. The lowest BCUT2D eigenvalue weighted by Crippen LogP contribution is -2.25. The van der Waals surface area contributed by atoms with Gasteiger partial charge in [-0.15, -0.1) is 0 Å². The molecule has 0 aliphatic carbocycles. The summed E-state index contributed by atoms with van der Waals surface area (Å²) in [6.45, 7) is 0.527. The Hall–Kier alpha value is -3.28. The number of aromatic nitrogens is 1. The quantitative estimate of drug-likeness (QED) is 0.606. The lowest BCUT2D eigenvalue weighted by Gasteiger charge is -2.09. The molecular formula is C21H19F2N3O. The molecule has 0 fully saturated rings. The molecule has 1 heterocycles. The molecule has 0 unspecified atom stereocenters. The molecule has 0 bridgehead atoms. The molecule has 4 nitrogen and oxygen atoms in total. The van der Waals surface area contributed by atoms with E-state index >= 15 is 0 Å². The molecular weight excluding hydrogens is 348 g/mol. The average molecular weight is 367 g/mol. The first-order valence-electron chi connectivity index (χ1n) is 8.62. The number of rotatable bonds is 7. The van der Waals surface area contributed by atoms with Gasteiger partial charge in [0, 0.05) is 24.5 Å². The van der Waals surface area contributed by atoms with Crippen LogP contribution in [0.4, 0.5) is 20.2 Å². The Bertz CT molecular complexity index is 916. The van der Waals surface area contributed by atoms with Crippen molar-refractivity contribution in [3.63, 3.8) is 0 Å². The third-order valence-electron chi connectivity index (χ3n) is 3.97. The number of hydrogen-bond donors (Lipinski definition) is 2. The molecule has 138 valence electrons. The van der Waals surface area contributed by atoms with Crippen molar-refractivity contribution in [1.29, 1.82) is 0 Å². The summed E-state index contributed by atoms with van der Waals surface area (Å²) >= 11 is 0. The number of hydrogen-bond acceptors (Lipinski definition) is 3. The van der Waals surface area contributed by atoms with Gasteiger partial charge in [0.05, 0.1) is 5.69 Å². The summed E-state index contributed by atoms with van der Waals surface area (Å²) < 4.78 is 26.7. The lowest BCUT2D eigenvalue weighted by atomic mass is 10.1. The number of carbonyl (C=O) groups excluding carboxylic acids is 1. The van der Waals surface area contributed by atoms with E-state index in [0.717, 1.165) is 25.0 Å². The molecule has 0 aliphatic heterocycles. The van der Waals surface area contributed by atoms with E-state index in [1.807, 2.05) is 30.3 Å². The summed E-state index contributed by atoms with van der Waals surface area (Å²) in [5, 5.41) is 5.65. The maximum Gasteiger partial charge on any atom is 0.269 e. The third-order valence-corrected chi connectivity index (χ3v) is 3.97. The summed E-state index contributed by atoms with van der Waals surface area (Å²) in [6, 6.07) is 16.4. The van der Waals surface area contributed by atoms with Crippen molar-refractivity contribution in [2.45, 2.75) is 12.8 Å². The van der Waals surface area contributed by atoms with E-state index in [2.05, 4.69) is 15.6 Å². The molecule has 0 radical (unpaired) electrons. The van der Waals surface area contributed by atoms with E-state index in [4.69, 9.17) is 0 Å². The molecule has 0 saturated heterocycles. The fraction of sp³-hybridized carbons (Fsp3) is 0.143. The van der Waals surface area contributed by atoms with Crippen molar-refractivity contribution in [3.05, 3.63) is 89.8 Å². The van der Waals surface area contributed by atoms with Crippen molar-refractivity contribution in [1.82, 2.24) is 10.3 Å². The summed E-state index contributed by atoms with van der Waals surface area (Å²) in [5.41, 5.74) is 2.06. The van der Waals surface area contributed by atoms with Crippen LogP contribution in [-0.4, -0.2) is 17.4 Å². The average Bonchev–Trinajstić information content (AvgIpc) is 2.68. The Morgan fingerprint density at radius 2 is 1.81 bits per heavy atom. The number of nitrogens with one attached hydrogen (secondary N) is 2. The highest BCUT2D eigenvalue weighted by atomic mass is 19.1. The second-order valence-corrected chi connectivity index (χ2v) is 6.02. The van der Waals surface area contributed by atoms with Gasteiger partial charge in [-0.3, -0.25) is 9.78 Å². The van der Waals surface area contributed by atoms with Gasteiger partial charge >= 0.3 is 0 Å². The van der Waals surface area contributed by atoms with Crippen LogP contribution in [0.1, 0.15) is 22.5 Å². The number of anilines is 2. The normalized spacial score (nSPS) is 10.4. The summed E-state index contributed by atoms with van der Waals surface area (Å²) in [7, 11) is 0. The van der Waals surface area contributed by atoms with Gasteiger partial charge in [-0.25, -0.2) is 8.78 Å². The summed E-state index contributed by atoms with van der Waals surface area (Å²) in [5.74, 6) is -1.66. The zero-order valence-electron chi connectivity index (χ0n) is 14.6. The minimum absolute atomic E-state index is 0.122. The number of pyridine rings is 1. The number of aryl methyl sites for hydroxylation is 1. The van der Waals surface area contributed by atoms with E-state index in [1.54, 1.807) is 6.07 Å². The van der Waals surface area contributed by atoms with Crippen molar-refractivity contribution in [3.8, 4) is 0 Å². The van der Waals surface area contributed by atoms with E-state index in [1.165, 1.54) is 23.9 Å². The number of halogens is 2. The van der Waals surface area contributed by atoms with Crippen molar-refractivity contribution < 1.29 is 13.6 Å². The van der Waals surface area contributed by atoms with Crippen LogP contribution in [0.25, 0.3) is 0 Å². The molecule has 3 rings (SSSR count). The van der Waals surface area contributed by atoms with Crippen LogP contribution in [0.5, 0.6) is 0 Å². The predicted molar refractivity (Wildman–Crippen MR) is 101 cm³/mol. The van der Waals surface area contributed by atoms with Crippen LogP contribution in [-0.2, 0) is 6.42 Å². The Labute approximate surface area is 156 Å². The van der Waals surface area contributed by atoms with Crippen LogP contribution in [0.3, 0.4) is 0 Å². The number of benzene rings is 2. The van der Waals surface area contributed by atoms with E-state index in [-0.39, 0.29) is 17.3 Å². The highest BCUT2D eigenvalue weighted by molar-refractivity contribution is 5.93. The third kappa shape index (κ3) is 5.34. The van der Waals surface area contributed by atoms with Gasteiger partial charge in [0.25, 0.3) is 5.91 Å². The van der Waals surface area contributed by atoms with E-state index in [0.29, 0.717) is 12.2 Å². The molecule has 0 spiro atoms. The molecule has 1 aromatic heterocycles. The minimum atomic E-state index is -0.710. The van der Waals surface area contributed by atoms with Gasteiger partial charge in [-0.05, 0) is 42.7 Å². The molecule has 2 N–H and O–H groups in total. The second kappa shape index (κ2) is 8.89. The molecule has 27 heavy (non-hydrogen) atoms. The monoisotopic (exact) mass is 367 g/mol. The van der Waals surface area contributed by atoms with Gasteiger partial charge in [-0.1, -0.05) is 30.3 Å². The van der Waals surface area contributed by atoms with Crippen LogP contribution in [0, 0.1) is 11.6 Å². The fourth-order valence-corrected chi connectivity index (χ4v) is 2.61. The lowest BCUT2D eigenvalue weighted by molar-refractivity contribution is 0.0948. The van der Waals surface area contributed by atoms with Crippen molar-refractivity contribution in [2.24, 2.45) is 0 Å². The SMILES string of the molecule is O=C(NCCCc1ccccc1)c1cc(Nc2ccc(F)cc2F)ccn1. The Morgan fingerprint density at radius 3 is 2.59 bits per heavy atom. The molecule has 1 amide bonds. The second-order valence-electron chi connectivity index (χ2n) is 6.02. The molecule has 0 atom stereocenters. The van der Waals surface area contributed by atoms with Crippen LogP contribution in [0.2, 0.25) is 0 Å². The molecule has 0 saturated carbocycles. The maximum absolute atomic E-state index is 13.7. The number of amides is 1. The maximum atomic E-state index is 13.7. The minimum Gasteiger partial charge on any atom is -0.353 e. The Kier molecular flexibility index (Phi) is 6.10. The van der Waals surface area contributed by atoms with Crippen molar-refractivity contribution in [2.75, 3.05) is 11.9 Å². The predicted octanol–water partition coefficient (Wildman–Crippen LogP) is 4.47. The largest absolute Gasteiger partial charge is 0.353 e.